The molecule has 10 heteroatoms. The molecule has 2 heterocycles. The largest absolute Gasteiger partial charge is 0.457 e. The van der Waals surface area contributed by atoms with E-state index in [1.165, 1.54) is 30.0 Å². The van der Waals surface area contributed by atoms with E-state index in [9.17, 15) is 19.7 Å². The molecule has 0 N–H and O–H groups in total. The van der Waals surface area contributed by atoms with E-state index in [1.807, 2.05) is 0 Å². The van der Waals surface area contributed by atoms with Crippen LogP contribution in [0.15, 0.2) is 63.9 Å². The number of carbonyl (C=O) groups is 2. The van der Waals surface area contributed by atoms with Crippen molar-refractivity contribution in [1.82, 2.24) is 0 Å². The molecule has 1 fully saturated rings. The Balaban J connectivity index is 1.58. The third-order valence-electron chi connectivity index (χ3n) is 4.65. The highest BCUT2D eigenvalue weighted by atomic mass is 35.5. The smallest absolute Gasteiger partial charge is 0.270 e. The lowest BCUT2D eigenvalue weighted by Gasteiger charge is -2.14. The normalized spacial score (nSPS) is 14.9. The summed E-state index contributed by atoms with van der Waals surface area (Å²) in [6.07, 6.45) is 1.58. The molecule has 1 amide bonds. The number of ketones is 1. The Bertz CT molecular complexity index is 1310. The Hall–Kier alpha value is -3.27. The van der Waals surface area contributed by atoms with Crippen LogP contribution in [0, 0.1) is 10.1 Å². The van der Waals surface area contributed by atoms with Gasteiger partial charge in [-0.15, -0.1) is 0 Å². The van der Waals surface area contributed by atoms with Crippen LogP contribution in [-0.4, -0.2) is 20.9 Å². The fourth-order valence-corrected chi connectivity index (χ4v) is 4.60. The molecule has 7 nitrogen and oxygen atoms in total. The molecule has 2 aromatic carbocycles. The van der Waals surface area contributed by atoms with Gasteiger partial charge >= 0.3 is 0 Å². The first-order chi connectivity index (χ1) is 15.2. The standard InChI is InChI=1S/C22H13ClN2O5S2/c1-12(26)13-2-4-14(5-3-13)24-21(27)20(32-22(24)31)11-16-7-9-19(30-16)17-8-6-15(25(28)29)10-18(17)23/h2-11H,1H3. The number of carbonyl (C=O) groups excluding carboxylic acids is 2. The van der Waals surface area contributed by atoms with Crippen molar-refractivity contribution in [2.75, 3.05) is 4.90 Å². The van der Waals surface area contributed by atoms with Gasteiger partial charge in [0.05, 0.1) is 20.5 Å². The van der Waals surface area contributed by atoms with Gasteiger partial charge in [0.25, 0.3) is 11.6 Å². The van der Waals surface area contributed by atoms with Crippen LogP contribution >= 0.6 is 35.6 Å². The molecule has 1 aliphatic heterocycles. The second-order valence-electron chi connectivity index (χ2n) is 6.74. The van der Waals surface area contributed by atoms with Crippen LogP contribution in [0.4, 0.5) is 11.4 Å². The van der Waals surface area contributed by atoms with Gasteiger partial charge in [-0.3, -0.25) is 24.6 Å². The van der Waals surface area contributed by atoms with Crippen molar-refractivity contribution in [3.05, 3.63) is 86.0 Å². The van der Waals surface area contributed by atoms with Gasteiger partial charge in [-0.1, -0.05) is 35.6 Å². The first-order valence-electron chi connectivity index (χ1n) is 9.17. The van der Waals surface area contributed by atoms with Crippen LogP contribution in [-0.2, 0) is 4.79 Å². The Labute approximate surface area is 196 Å². The monoisotopic (exact) mass is 484 g/mol. The quantitative estimate of drug-likeness (QED) is 0.142. The van der Waals surface area contributed by atoms with E-state index in [0.717, 1.165) is 11.8 Å². The van der Waals surface area contributed by atoms with Crippen LogP contribution in [0.5, 0.6) is 0 Å². The predicted octanol–water partition coefficient (Wildman–Crippen LogP) is 6.12. The number of nitro benzene ring substituents is 1. The topological polar surface area (TPSA) is 93.7 Å². The van der Waals surface area contributed by atoms with Gasteiger partial charge in [0.1, 0.15) is 11.5 Å². The molecule has 32 heavy (non-hydrogen) atoms. The number of nitrogens with zero attached hydrogens (tertiary/aromatic N) is 2. The predicted molar refractivity (Wildman–Crippen MR) is 128 cm³/mol. The van der Waals surface area contributed by atoms with Crippen LogP contribution in [0.2, 0.25) is 5.02 Å². The summed E-state index contributed by atoms with van der Waals surface area (Å²) in [7, 11) is 0. The molecule has 1 aliphatic rings. The van der Waals surface area contributed by atoms with Crippen molar-refractivity contribution in [3.63, 3.8) is 0 Å². The van der Waals surface area contributed by atoms with Crippen LogP contribution < -0.4 is 4.90 Å². The number of benzene rings is 2. The molecule has 0 bridgehead atoms. The highest BCUT2D eigenvalue weighted by Gasteiger charge is 2.33. The Morgan fingerprint density at radius 2 is 1.91 bits per heavy atom. The second kappa shape index (κ2) is 8.70. The zero-order valence-corrected chi connectivity index (χ0v) is 18.8. The number of thioether (sulfide) groups is 1. The minimum Gasteiger partial charge on any atom is -0.457 e. The summed E-state index contributed by atoms with van der Waals surface area (Å²) in [5, 5.41) is 11.1. The maximum Gasteiger partial charge on any atom is 0.270 e. The maximum atomic E-state index is 12.9. The molecular weight excluding hydrogens is 472 g/mol. The SMILES string of the molecule is CC(=O)c1ccc(N2C(=O)C(=Cc3ccc(-c4ccc([N+](=O)[O-])cc4Cl)o3)SC2=S)cc1. The lowest BCUT2D eigenvalue weighted by atomic mass is 10.1. The van der Waals surface area contributed by atoms with Gasteiger partial charge in [0.2, 0.25) is 0 Å². The Morgan fingerprint density at radius 1 is 1.19 bits per heavy atom. The molecule has 0 radical (unpaired) electrons. The van der Waals surface area contributed by atoms with E-state index in [1.54, 1.807) is 42.5 Å². The maximum absolute atomic E-state index is 12.9. The molecular formula is C22H13ClN2O5S2. The minimum absolute atomic E-state index is 0.0661. The van der Waals surface area contributed by atoms with Crippen molar-refractivity contribution >= 4 is 69.0 Å². The Kier molecular flexibility index (Phi) is 5.96. The van der Waals surface area contributed by atoms with E-state index >= 15 is 0 Å². The number of anilines is 1. The van der Waals surface area contributed by atoms with Gasteiger partial charge in [-0.25, -0.2) is 0 Å². The van der Waals surface area contributed by atoms with Gasteiger partial charge in [0.15, 0.2) is 10.1 Å². The van der Waals surface area contributed by atoms with Crippen molar-refractivity contribution in [2.45, 2.75) is 6.92 Å². The highest BCUT2D eigenvalue weighted by molar-refractivity contribution is 8.27. The summed E-state index contributed by atoms with van der Waals surface area (Å²) in [5.41, 5.74) is 1.49. The summed E-state index contributed by atoms with van der Waals surface area (Å²) < 4.78 is 6.15. The number of hydrogen-bond acceptors (Lipinski definition) is 7. The van der Waals surface area contributed by atoms with E-state index in [0.29, 0.717) is 37.6 Å². The first kappa shape index (κ1) is 21.9. The van der Waals surface area contributed by atoms with Gasteiger partial charge in [0, 0.05) is 29.3 Å². The minimum atomic E-state index is -0.529. The number of non-ortho nitro benzene ring substituents is 1. The summed E-state index contributed by atoms with van der Waals surface area (Å²) in [6, 6.07) is 14.1. The second-order valence-corrected chi connectivity index (χ2v) is 8.83. The molecule has 0 saturated carbocycles. The molecule has 1 aromatic heterocycles. The van der Waals surface area contributed by atoms with E-state index < -0.39 is 4.92 Å². The molecule has 160 valence electrons. The zero-order chi connectivity index (χ0) is 23.0. The number of Topliss-reactive ketones (excluding diaryl/α,β-unsaturated/α-hetero) is 1. The lowest BCUT2D eigenvalue weighted by Crippen LogP contribution is -2.27. The summed E-state index contributed by atoms with van der Waals surface area (Å²) >= 11 is 12.7. The average Bonchev–Trinajstić information content (AvgIpc) is 3.32. The number of thiocarbonyl (C=S) groups is 1. The first-order valence-corrected chi connectivity index (χ1v) is 10.8. The zero-order valence-electron chi connectivity index (χ0n) is 16.4. The number of rotatable bonds is 5. The van der Waals surface area contributed by atoms with E-state index in [2.05, 4.69) is 0 Å². The van der Waals surface area contributed by atoms with Crippen molar-refractivity contribution in [2.24, 2.45) is 0 Å². The number of amides is 1. The summed E-state index contributed by atoms with van der Waals surface area (Å²) in [4.78, 5) is 36.5. The average molecular weight is 485 g/mol. The van der Waals surface area contributed by atoms with Crippen LogP contribution in [0.25, 0.3) is 17.4 Å². The number of hydrogen-bond donors (Lipinski definition) is 0. The van der Waals surface area contributed by atoms with Gasteiger partial charge in [-0.2, -0.15) is 0 Å². The number of nitro groups is 1. The van der Waals surface area contributed by atoms with Crippen molar-refractivity contribution in [3.8, 4) is 11.3 Å². The third kappa shape index (κ3) is 4.22. The van der Waals surface area contributed by atoms with Crippen molar-refractivity contribution < 1.29 is 18.9 Å². The molecule has 0 atom stereocenters. The molecule has 0 unspecified atom stereocenters. The molecule has 0 aliphatic carbocycles. The summed E-state index contributed by atoms with van der Waals surface area (Å²) in [6.45, 7) is 1.47. The van der Waals surface area contributed by atoms with Crippen LogP contribution in [0.1, 0.15) is 23.0 Å². The van der Waals surface area contributed by atoms with Crippen molar-refractivity contribution in [1.29, 1.82) is 0 Å². The molecule has 0 spiro atoms. The van der Waals surface area contributed by atoms with Gasteiger partial charge in [-0.05, 0) is 49.4 Å². The number of furan rings is 1. The highest BCUT2D eigenvalue weighted by Crippen LogP contribution is 2.37. The third-order valence-corrected chi connectivity index (χ3v) is 6.27. The Morgan fingerprint density at radius 3 is 2.53 bits per heavy atom. The van der Waals surface area contributed by atoms with E-state index in [4.69, 9.17) is 28.2 Å². The lowest BCUT2D eigenvalue weighted by molar-refractivity contribution is -0.384. The fraction of sp³-hybridized carbons (Fsp3) is 0.0455. The number of halogens is 1. The summed E-state index contributed by atoms with van der Waals surface area (Å²) in [5.74, 6) is 0.443. The fourth-order valence-electron chi connectivity index (χ4n) is 3.06. The molecule has 4 rings (SSSR count). The van der Waals surface area contributed by atoms with Crippen LogP contribution in [0.3, 0.4) is 0 Å². The molecule has 1 saturated heterocycles. The van der Waals surface area contributed by atoms with E-state index in [-0.39, 0.29) is 22.4 Å². The molecule has 3 aromatic rings. The van der Waals surface area contributed by atoms with Gasteiger partial charge < -0.3 is 4.42 Å².